The molecule has 128 valence electrons. The molecule has 1 aliphatic heterocycles. The Morgan fingerprint density at radius 1 is 1.50 bits per heavy atom. The number of benzene rings is 1. The maximum atomic E-state index is 12.5. The number of carbonyl (C=O) groups is 1. The van der Waals surface area contributed by atoms with Gasteiger partial charge in [-0.25, -0.2) is 4.98 Å². The average molecular weight is 345 g/mol. The first-order valence-electron chi connectivity index (χ1n) is 8.19. The average Bonchev–Trinajstić information content (AvgIpc) is 3.02. The molecule has 0 bridgehead atoms. The van der Waals surface area contributed by atoms with E-state index in [4.69, 9.17) is 4.74 Å². The summed E-state index contributed by atoms with van der Waals surface area (Å²) in [5.74, 6) is 0.393. The van der Waals surface area contributed by atoms with Gasteiger partial charge in [-0.2, -0.15) is 0 Å². The molecule has 24 heavy (non-hydrogen) atoms. The Hall–Kier alpha value is -1.76. The predicted octanol–water partition coefficient (Wildman–Crippen LogP) is 3.35. The molecule has 1 N–H and O–H groups in total. The van der Waals surface area contributed by atoms with Gasteiger partial charge in [0.1, 0.15) is 0 Å². The molecule has 0 saturated carbocycles. The summed E-state index contributed by atoms with van der Waals surface area (Å²) < 4.78 is 5.08. The molecule has 1 saturated heterocycles. The van der Waals surface area contributed by atoms with Crippen LogP contribution in [0.2, 0.25) is 0 Å². The van der Waals surface area contributed by atoms with Crippen LogP contribution < -0.4 is 5.32 Å². The van der Waals surface area contributed by atoms with E-state index in [2.05, 4.69) is 28.3 Å². The van der Waals surface area contributed by atoms with Gasteiger partial charge in [0, 0.05) is 25.4 Å². The van der Waals surface area contributed by atoms with Gasteiger partial charge in [-0.3, -0.25) is 10.1 Å². The van der Waals surface area contributed by atoms with Crippen LogP contribution in [0.4, 0.5) is 5.13 Å². The van der Waals surface area contributed by atoms with Crippen LogP contribution in [-0.2, 0) is 11.3 Å². The molecule has 1 fully saturated rings. The van der Waals surface area contributed by atoms with E-state index in [1.54, 1.807) is 13.3 Å². The molecular weight excluding hydrogens is 322 g/mol. The highest BCUT2D eigenvalue weighted by molar-refractivity contribution is 7.15. The van der Waals surface area contributed by atoms with Crippen LogP contribution in [0.15, 0.2) is 30.5 Å². The lowest BCUT2D eigenvalue weighted by molar-refractivity contribution is 0.102. The fourth-order valence-corrected chi connectivity index (χ4v) is 3.90. The van der Waals surface area contributed by atoms with Crippen molar-refractivity contribution < 1.29 is 9.53 Å². The maximum Gasteiger partial charge on any atom is 0.257 e. The normalized spacial score (nSPS) is 18.5. The van der Waals surface area contributed by atoms with Gasteiger partial charge in [0.05, 0.1) is 11.5 Å². The zero-order valence-electron chi connectivity index (χ0n) is 14.1. The number of nitrogens with one attached hydrogen (secondary N) is 1. The van der Waals surface area contributed by atoms with E-state index in [1.165, 1.54) is 29.7 Å². The van der Waals surface area contributed by atoms with Crippen molar-refractivity contribution in [3.8, 4) is 0 Å². The lowest BCUT2D eigenvalue weighted by Gasteiger charge is -2.30. The number of carbonyl (C=O) groups excluding carboxylic acids is 1. The molecule has 0 aliphatic carbocycles. The quantitative estimate of drug-likeness (QED) is 0.903. The van der Waals surface area contributed by atoms with Crippen LogP contribution in [0.3, 0.4) is 0 Å². The number of nitrogens with zero attached hydrogens (tertiary/aromatic N) is 2. The van der Waals surface area contributed by atoms with Crippen molar-refractivity contribution in [2.45, 2.75) is 25.4 Å². The van der Waals surface area contributed by atoms with Crippen LogP contribution in [0.25, 0.3) is 0 Å². The van der Waals surface area contributed by atoms with E-state index in [-0.39, 0.29) is 5.91 Å². The number of thiazole rings is 1. The first kappa shape index (κ1) is 17.1. The van der Waals surface area contributed by atoms with Gasteiger partial charge in [0.25, 0.3) is 5.91 Å². The standard InChI is InChI=1S/C18H23N3O2S/c1-21-8-4-7-15(11-21)13-5-3-6-14(9-13)17(22)20-18-19-10-16(24-18)12-23-2/h3,5-6,9-10,15H,4,7-8,11-12H2,1-2H3,(H,19,20,22). The van der Waals surface area contributed by atoms with Crippen LogP contribution >= 0.6 is 11.3 Å². The zero-order valence-corrected chi connectivity index (χ0v) is 14.9. The van der Waals surface area contributed by atoms with E-state index in [0.717, 1.165) is 18.0 Å². The van der Waals surface area contributed by atoms with Gasteiger partial charge in [-0.15, -0.1) is 0 Å². The van der Waals surface area contributed by atoms with E-state index >= 15 is 0 Å². The molecule has 5 nitrogen and oxygen atoms in total. The number of ether oxygens (including phenoxy) is 1. The van der Waals surface area contributed by atoms with Crippen molar-refractivity contribution in [3.05, 3.63) is 46.5 Å². The first-order chi connectivity index (χ1) is 11.7. The molecule has 0 spiro atoms. The molecular formula is C18H23N3O2S. The number of likely N-dealkylation sites (N-methyl/N-ethyl adjacent to an activating group) is 1. The number of piperidine rings is 1. The van der Waals surface area contributed by atoms with E-state index in [9.17, 15) is 4.79 Å². The zero-order chi connectivity index (χ0) is 16.9. The summed E-state index contributed by atoms with van der Waals surface area (Å²) >= 11 is 1.44. The molecule has 1 unspecified atom stereocenters. The fraction of sp³-hybridized carbons (Fsp3) is 0.444. The summed E-state index contributed by atoms with van der Waals surface area (Å²) in [4.78, 5) is 20.1. The van der Waals surface area contributed by atoms with Crippen molar-refractivity contribution in [1.29, 1.82) is 0 Å². The molecule has 3 rings (SSSR count). The van der Waals surface area contributed by atoms with Crippen LogP contribution in [-0.4, -0.2) is 43.0 Å². The minimum absolute atomic E-state index is 0.112. The third kappa shape index (κ3) is 4.20. The molecule has 1 aromatic heterocycles. The molecule has 2 heterocycles. The lowest BCUT2D eigenvalue weighted by atomic mass is 9.90. The molecule has 1 aromatic carbocycles. The Morgan fingerprint density at radius 2 is 2.38 bits per heavy atom. The second kappa shape index (κ2) is 7.88. The Kier molecular flexibility index (Phi) is 5.60. The number of methoxy groups -OCH3 is 1. The summed E-state index contributed by atoms with van der Waals surface area (Å²) in [5.41, 5.74) is 1.93. The predicted molar refractivity (Wildman–Crippen MR) is 96.7 cm³/mol. The monoisotopic (exact) mass is 345 g/mol. The number of likely N-dealkylation sites (tertiary alicyclic amines) is 1. The third-order valence-corrected chi connectivity index (χ3v) is 5.19. The van der Waals surface area contributed by atoms with E-state index < -0.39 is 0 Å². The minimum atomic E-state index is -0.112. The molecule has 1 aliphatic rings. The summed E-state index contributed by atoms with van der Waals surface area (Å²) in [6.45, 7) is 2.72. The van der Waals surface area contributed by atoms with E-state index in [1.807, 2.05) is 18.2 Å². The minimum Gasteiger partial charge on any atom is -0.379 e. The topological polar surface area (TPSA) is 54.5 Å². The Balaban J connectivity index is 1.69. The summed E-state index contributed by atoms with van der Waals surface area (Å²) in [7, 11) is 3.80. The fourth-order valence-electron chi connectivity index (χ4n) is 3.12. The number of anilines is 1. The smallest absolute Gasteiger partial charge is 0.257 e. The summed E-state index contributed by atoms with van der Waals surface area (Å²) in [6.07, 6.45) is 4.12. The van der Waals surface area contributed by atoms with Crippen LogP contribution in [0.5, 0.6) is 0 Å². The summed E-state index contributed by atoms with van der Waals surface area (Å²) in [5, 5.41) is 3.48. The Bertz CT molecular complexity index is 701. The van der Waals surface area contributed by atoms with Gasteiger partial charge in [-0.05, 0) is 50.0 Å². The second-order valence-corrected chi connectivity index (χ2v) is 7.36. The number of hydrogen-bond acceptors (Lipinski definition) is 5. The molecule has 2 aromatic rings. The van der Waals surface area contributed by atoms with Gasteiger partial charge in [-0.1, -0.05) is 23.5 Å². The molecule has 1 amide bonds. The largest absolute Gasteiger partial charge is 0.379 e. The van der Waals surface area contributed by atoms with Gasteiger partial charge < -0.3 is 9.64 Å². The third-order valence-electron chi connectivity index (χ3n) is 4.31. The first-order valence-corrected chi connectivity index (χ1v) is 9.01. The van der Waals surface area contributed by atoms with Crippen molar-refractivity contribution in [2.24, 2.45) is 0 Å². The van der Waals surface area contributed by atoms with Crippen molar-refractivity contribution in [2.75, 3.05) is 32.6 Å². The van der Waals surface area contributed by atoms with Crippen LogP contribution in [0.1, 0.15) is 39.6 Å². The molecule has 0 radical (unpaired) electrons. The SMILES string of the molecule is COCc1cnc(NC(=O)c2cccc(C3CCCN(C)C3)c2)s1. The number of amides is 1. The Labute approximate surface area is 146 Å². The second-order valence-electron chi connectivity index (χ2n) is 6.25. The van der Waals surface area contributed by atoms with Crippen LogP contribution in [0, 0.1) is 0 Å². The van der Waals surface area contributed by atoms with Gasteiger partial charge in [0.15, 0.2) is 5.13 Å². The number of aromatic nitrogens is 1. The van der Waals surface area contributed by atoms with Crippen molar-refractivity contribution in [1.82, 2.24) is 9.88 Å². The van der Waals surface area contributed by atoms with Crippen molar-refractivity contribution in [3.63, 3.8) is 0 Å². The summed E-state index contributed by atoms with van der Waals surface area (Å²) in [6, 6.07) is 7.97. The number of rotatable bonds is 5. The maximum absolute atomic E-state index is 12.5. The Morgan fingerprint density at radius 3 is 3.17 bits per heavy atom. The highest BCUT2D eigenvalue weighted by atomic mass is 32.1. The van der Waals surface area contributed by atoms with E-state index in [0.29, 0.717) is 23.2 Å². The highest BCUT2D eigenvalue weighted by Gasteiger charge is 2.20. The molecule has 6 heteroatoms. The molecule has 1 atom stereocenters. The van der Waals surface area contributed by atoms with Crippen molar-refractivity contribution >= 4 is 22.4 Å². The van der Waals surface area contributed by atoms with Gasteiger partial charge in [0.2, 0.25) is 0 Å². The highest BCUT2D eigenvalue weighted by Crippen LogP contribution is 2.27. The van der Waals surface area contributed by atoms with Gasteiger partial charge >= 0.3 is 0 Å². The lowest BCUT2D eigenvalue weighted by Crippen LogP contribution is -2.30. The number of hydrogen-bond donors (Lipinski definition) is 1.